The van der Waals surface area contributed by atoms with Gasteiger partial charge < -0.3 is 5.32 Å². The number of hydrogen-bond donors (Lipinski definition) is 3. The molecule has 0 aliphatic carbocycles. The fourth-order valence-corrected chi connectivity index (χ4v) is 6.91. The third kappa shape index (κ3) is 6.50. The molecule has 0 saturated heterocycles. The molecule has 2 amide bonds. The molecule has 0 atom stereocenters. The number of aromatic nitrogens is 2. The highest BCUT2D eigenvalue weighted by Crippen LogP contribution is 2.40. The number of rotatable bonds is 10. The number of urea groups is 1. The number of nitrogens with zero attached hydrogens (tertiary/aromatic N) is 2. The summed E-state index contributed by atoms with van der Waals surface area (Å²) in [5.41, 5.74) is 1.15. The summed E-state index contributed by atoms with van der Waals surface area (Å²) < 4.78 is 24.6. The van der Waals surface area contributed by atoms with Gasteiger partial charge in [0, 0.05) is 30.8 Å². The maximum absolute atomic E-state index is 12.6. The lowest BCUT2D eigenvalue weighted by Gasteiger charge is -2.10. The van der Waals surface area contributed by atoms with E-state index in [0.29, 0.717) is 29.1 Å². The number of pyridine rings is 1. The number of ketones is 1. The molecule has 2 N–H and O–H groups in total. The number of anilines is 2. The molecule has 1 aliphatic rings. The van der Waals surface area contributed by atoms with Gasteiger partial charge in [-0.25, -0.2) is 29.1 Å². The molecule has 32 heavy (non-hydrogen) atoms. The number of carbonyl (C=O) groups is 2. The van der Waals surface area contributed by atoms with Crippen molar-refractivity contribution in [2.24, 2.45) is 0 Å². The smallest absolute Gasteiger partial charge is 0.307 e. The summed E-state index contributed by atoms with van der Waals surface area (Å²) in [6.45, 7) is 2.06. The van der Waals surface area contributed by atoms with E-state index in [4.69, 9.17) is 0 Å². The summed E-state index contributed by atoms with van der Waals surface area (Å²) in [5.74, 6) is 0.406. The molecule has 0 spiro atoms. The molecule has 0 bridgehead atoms. The van der Waals surface area contributed by atoms with Crippen molar-refractivity contribution in [2.45, 2.75) is 42.6 Å². The van der Waals surface area contributed by atoms with Crippen LogP contribution in [-0.4, -0.2) is 36.5 Å². The number of allylic oxidation sites excluding steroid dienone is 2. The van der Waals surface area contributed by atoms with Crippen molar-refractivity contribution >= 4 is 54.7 Å². The molecule has 172 valence electrons. The number of carbonyl (C=O) groups excluding carboxylic acids is 2. The maximum atomic E-state index is 12.6. The molecule has 0 aromatic carbocycles. The van der Waals surface area contributed by atoms with Crippen molar-refractivity contribution in [3.63, 3.8) is 0 Å². The molecule has 2 aromatic rings. The normalized spacial score (nSPS) is 14.0. The molecular formula is C21H26N4O4S3. The summed E-state index contributed by atoms with van der Waals surface area (Å²) >= 11 is 0.925. The van der Waals surface area contributed by atoms with E-state index in [1.165, 1.54) is 12.4 Å². The van der Waals surface area contributed by atoms with Gasteiger partial charge >= 0.3 is 6.03 Å². The van der Waals surface area contributed by atoms with Crippen molar-refractivity contribution in [2.75, 3.05) is 16.9 Å². The lowest BCUT2D eigenvalue weighted by molar-refractivity contribution is 0.0980. The van der Waals surface area contributed by atoms with Gasteiger partial charge in [-0.2, -0.15) is 0 Å². The van der Waals surface area contributed by atoms with Crippen LogP contribution in [0.3, 0.4) is 0 Å². The highest BCUT2D eigenvalue weighted by atomic mass is 32.2. The summed E-state index contributed by atoms with van der Waals surface area (Å²) in [7, 11) is -4.09. The number of sulfone groups is 1. The predicted molar refractivity (Wildman–Crippen MR) is 132 cm³/mol. The van der Waals surface area contributed by atoms with E-state index in [0.717, 1.165) is 36.9 Å². The van der Waals surface area contributed by atoms with Gasteiger partial charge in [0.2, 0.25) is 0 Å². The zero-order chi connectivity index (χ0) is 23.1. The molecule has 0 fully saturated rings. The van der Waals surface area contributed by atoms with E-state index in [9.17, 15) is 18.0 Å². The molecule has 1 aliphatic heterocycles. The Hall–Kier alpha value is -2.50. The number of amides is 2. The van der Waals surface area contributed by atoms with Crippen LogP contribution in [0, 0.1) is 0 Å². The van der Waals surface area contributed by atoms with E-state index >= 15 is 0 Å². The van der Waals surface area contributed by atoms with Crippen LogP contribution in [-0.2, 0) is 15.6 Å². The quantitative estimate of drug-likeness (QED) is 0.246. The second kappa shape index (κ2) is 10.9. The van der Waals surface area contributed by atoms with Crippen molar-refractivity contribution in [3.05, 3.63) is 52.7 Å². The molecule has 3 heterocycles. The summed E-state index contributed by atoms with van der Waals surface area (Å²) in [6.07, 6.45) is 11.1. The van der Waals surface area contributed by atoms with Crippen molar-refractivity contribution < 1.29 is 18.0 Å². The molecule has 3 rings (SSSR count). The third-order valence-corrected chi connectivity index (χ3v) is 9.24. The monoisotopic (exact) mass is 494 g/mol. The van der Waals surface area contributed by atoms with Crippen LogP contribution in [0.5, 0.6) is 0 Å². The van der Waals surface area contributed by atoms with Crippen LogP contribution in [0.1, 0.15) is 48.7 Å². The first kappa shape index (κ1) is 24.1. The topological polar surface area (TPSA) is 118 Å². The molecular weight excluding hydrogens is 468 g/mol. The SMILES string of the molecule is CCCCCC(=O)c1cnccc1NC(=O)Nc1nc(C[SH]2C=CC=C2)c(S(C)(=O)=O)s1. The lowest BCUT2D eigenvalue weighted by atomic mass is 10.1. The van der Waals surface area contributed by atoms with Gasteiger partial charge in [0.25, 0.3) is 0 Å². The highest BCUT2D eigenvalue weighted by molar-refractivity contribution is 8.21. The van der Waals surface area contributed by atoms with Crippen LogP contribution in [0.2, 0.25) is 0 Å². The van der Waals surface area contributed by atoms with E-state index in [-0.39, 0.29) is 15.1 Å². The Bertz CT molecular complexity index is 1140. The van der Waals surface area contributed by atoms with Gasteiger partial charge in [-0.05, 0) is 23.3 Å². The highest BCUT2D eigenvalue weighted by Gasteiger charge is 2.22. The predicted octanol–water partition coefficient (Wildman–Crippen LogP) is 4.89. The Morgan fingerprint density at radius 1 is 1.16 bits per heavy atom. The van der Waals surface area contributed by atoms with Gasteiger partial charge in [0.05, 0.1) is 16.9 Å². The molecule has 0 unspecified atom stereocenters. The number of thiazole rings is 1. The fourth-order valence-electron chi connectivity index (χ4n) is 3.08. The minimum absolute atomic E-state index is 0.0854. The van der Waals surface area contributed by atoms with Crippen LogP contribution in [0.25, 0.3) is 0 Å². The minimum Gasteiger partial charge on any atom is -0.307 e. The van der Waals surface area contributed by atoms with Gasteiger partial charge in [0.15, 0.2) is 20.8 Å². The zero-order valence-corrected chi connectivity index (χ0v) is 20.4. The summed E-state index contributed by atoms with van der Waals surface area (Å²) in [5, 5.41) is 9.50. The molecule has 8 nitrogen and oxygen atoms in total. The average Bonchev–Trinajstić information content (AvgIpc) is 3.38. The number of thiol groups is 1. The number of hydrogen-bond acceptors (Lipinski definition) is 7. The van der Waals surface area contributed by atoms with Gasteiger partial charge in [-0.3, -0.25) is 15.1 Å². The number of unbranched alkanes of at least 4 members (excludes halogenated alkanes) is 2. The second-order valence-corrected chi connectivity index (χ2v) is 12.4. The molecule has 0 saturated carbocycles. The van der Waals surface area contributed by atoms with E-state index < -0.39 is 26.8 Å². The summed E-state index contributed by atoms with van der Waals surface area (Å²) in [4.78, 5) is 33.4. The van der Waals surface area contributed by atoms with Crippen LogP contribution in [0.4, 0.5) is 15.6 Å². The van der Waals surface area contributed by atoms with Crippen LogP contribution < -0.4 is 10.6 Å². The lowest BCUT2D eigenvalue weighted by Crippen LogP contribution is -2.21. The fraction of sp³-hybridized carbons (Fsp3) is 0.333. The zero-order valence-electron chi connectivity index (χ0n) is 17.9. The largest absolute Gasteiger partial charge is 0.325 e. The Balaban J connectivity index is 1.73. The third-order valence-electron chi connectivity index (χ3n) is 4.59. The van der Waals surface area contributed by atoms with Crippen molar-refractivity contribution in [1.29, 1.82) is 0 Å². The van der Waals surface area contributed by atoms with E-state index in [1.807, 2.05) is 23.0 Å². The molecule has 0 radical (unpaired) electrons. The minimum atomic E-state index is -3.48. The van der Waals surface area contributed by atoms with Gasteiger partial charge in [-0.15, -0.1) is 0 Å². The Kier molecular flexibility index (Phi) is 8.21. The van der Waals surface area contributed by atoms with Gasteiger partial charge in [-0.1, -0.05) is 43.3 Å². The average molecular weight is 495 g/mol. The molecule has 11 heteroatoms. The number of nitrogens with one attached hydrogen (secondary N) is 2. The van der Waals surface area contributed by atoms with E-state index in [2.05, 4.69) is 27.5 Å². The maximum Gasteiger partial charge on any atom is 0.325 e. The number of Topliss-reactive ketones (excluding diaryl/α,β-unsaturated/α-hetero) is 1. The van der Waals surface area contributed by atoms with Crippen molar-refractivity contribution in [3.8, 4) is 0 Å². The first-order valence-corrected chi connectivity index (χ1v) is 14.5. The Morgan fingerprint density at radius 3 is 2.59 bits per heavy atom. The van der Waals surface area contributed by atoms with E-state index in [1.54, 1.807) is 6.07 Å². The van der Waals surface area contributed by atoms with Crippen molar-refractivity contribution in [1.82, 2.24) is 9.97 Å². The Morgan fingerprint density at radius 2 is 1.91 bits per heavy atom. The first-order chi connectivity index (χ1) is 15.3. The van der Waals surface area contributed by atoms with Gasteiger partial charge in [0.1, 0.15) is 4.21 Å². The standard InChI is InChI=1S/C21H26N4O4S3/c1-3-4-5-8-18(26)15-13-22-10-9-16(15)23-20(27)25-21-24-17(14-31-11-6-7-12-31)19(30-21)32(2,28)29/h6-7,9-13,31H,3-5,8,14H2,1-2H3,(H2,22,23,24,25,27). The Labute approximate surface area is 194 Å². The molecule has 2 aromatic heterocycles. The first-order valence-electron chi connectivity index (χ1n) is 10.1. The second-order valence-electron chi connectivity index (χ2n) is 7.26. The summed E-state index contributed by atoms with van der Waals surface area (Å²) in [6, 6.07) is 0.953. The van der Waals surface area contributed by atoms with Crippen LogP contribution >= 0.6 is 22.2 Å². The van der Waals surface area contributed by atoms with Crippen LogP contribution in [0.15, 0.2) is 45.6 Å².